The van der Waals surface area contributed by atoms with Gasteiger partial charge >= 0.3 is 0 Å². The zero-order valence-electron chi connectivity index (χ0n) is 18.3. The van der Waals surface area contributed by atoms with Crippen molar-refractivity contribution in [2.75, 3.05) is 20.2 Å². The van der Waals surface area contributed by atoms with Gasteiger partial charge in [-0.3, -0.25) is 4.79 Å². The first-order valence-corrected chi connectivity index (χ1v) is 12.3. The third-order valence-corrected chi connectivity index (χ3v) is 8.04. The topological polar surface area (TPSA) is 75.7 Å². The number of ether oxygens (including phenoxy) is 1. The summed E-state index contributed by atoms with van der Waals surface area (Å²) in [7, 11) is -1.98. The number of fused-ring (bicyclic) bond motifs is 1. The molecule has 168 valence electrons. The minimum absolute atomic E-state index is 0.0499. The summed E-state index contributed by atoms with van der Waals surface area (Å²) >= 11 is 0. The summed E-state index contributed by atoms with van der Waals surface area (Å²) in [6, 6.07) is 20.3. The lowest BCUT2D eigenvalue weighted by Gasteiger charge is -2.31. The van der Waals surface area contributed by atoms with E-state index in [1.54, 1.807) is 19.2 Å². The van der Waals surface area contributed by atoms with Gasteiger partial charge in [0.2, 0.25) is 15.9 Å². The molecule has 0 aromatic heterocycles. The molecule has 3 aromatic carbocycles. The van der Waals surface area contributed by atoms with E-state index in [-0.39, 0.29) is 17.9 Å². The maximum Gasteiger partial charge on any atom is 0.243 e. The van der Waals surface area contributed by atoms with E-state index < -0.39 is 10.0 Å². The number of rotatable bonds is 6. The lowest BCUT2D eigenvalue weighted by Crippen LogP contribution is -2.43. The van der Waals surface area contributed by atoms with Crippen molar-refractivity contribution < 1.29 is 17.9 Å². The van der Waals surface area contributed by atoms with Gasteiger partial charge < -0.3 is 10.1 Å². The van der Waals surface area contributed by atoms with Crippen molar-refractivity contribution in [2.24, 2.45) is 5.92 Å². The molecule has 4 rings (SSSR count). The van der Waals surface area contributed by atoms with Crippen molar-refractivity contribution >= 4 is 26.7 Å². The van der Waals surface area contributed by atoms with Gasteiger partial charge in [-0.25, -0.2) is 8.42 Å². The second-order valence-corrected chi connectivity index (χ2v) is 10.1. The van der Waals surface area contributed by atoms with Gasteiger partial charge in [0.05, 0.1) is 18.0 Å². The number of piperidine rings is 1. The van der Waals surface area contributed by atoms with Crippen LogP contribution in [0.25, 0.3) is 10.8 Å². The average Bonchev–Trinajstić information content (AvgIpc) is 2.83. The fourth-order valence-corrected chi connectivity index (χ4v) is 5.77. The zero-order chi connectivity index (χ0) is 22.7. The summed E-state index contributed by atoms with van der Waals surface area (Å²) in [5, 5.41) is 4.96. The van der Waals surface area contributed by atoms with Gasteiger partial charge in [-0.05, 0) is 48.7 Å². The summed E-state index contributed by atoms with van der Waals surface area (Å²) in [6.07, 6.45) is 0.995. The lowest BCUT2D eigenvalue weighted by molar-refractivity contribution is -0.126. The first-order chi connectivity index (χ1) is 15.4. The van der Waals surface area contributed by atoms with E-state index in [9.17, 15) is 13.2 Å². The highest BCUT2D eigenvalue weighted by molar-refractivity contribution is 7.89. The van der Waals surface area contributed by atoms with Crippen LogP contribution in [0.15, 0.2) is 71.6 Å². The molecule has 7 heteroatoms. The summed E-state index contributed by atoms with van der Waals surface area (Å²) in [6.45, 7) is 2.58. The number of amides is 1. The summed E-state index contributed by atoms with van der Waals surface area (Å²) in [5.41, 5.74) is 0.916. The maximum atomic E-state index is 13.2. The van der Waals surface area contributed by atoms with Crippen LogP contribution in [-0.2, 0) is 14.8 Å². The molecule has 1 heterocycles. The van der Waals surface area contributed by atoms with Crippen LogP contribution in [0.1, 0.15) is 31.4 Å². The van der Waals surface area contributed by atoms with Crippen LogP contribution in [0.5, 0.6) is 5.75 Å². The van der Waals surface area contributed by atoms with Crippen LogP contribution in [0.3, 0.4) is 0 Å². The normalized spacial score (nSPS) is 16.6. The Labute approximate surface area is 189 Å². The molecular weight excluding hydrogens is 424 g/mol. The zero-order valence-corrected chi connectivity index (χ0v) is 19.1. The second-order valence-electron chi connectivity index (χ2n) is 8.16. The standard InChI is InChI=1S/C25H28N2O4S/c1-18(23-9-5-6-10-24(23)31-2)26-25(28)20-13-15-27(16-14-20)32(29,30)22-12-11-19-7-3-4-8-21(19)17-22/h3-12,17-18,20H,13-16H2,1-2H3,(H,26,28). The van der Waals surface area contributed by atoms with E-state index >= 15 is 0 Å². The molecule has 1 unspecified atom stereocenters. The number of carbonyl (C=O) groups is 1. The van der Waals surface area contributed by atoms with Crippen molar-refractivity contribution in [3.63, 3.8) is 0 Å². The van der Waals surface area contributed by atoms with E-state index in [1.807, 2.05) is 61.5 Å². The molecule has 1 aliphatic rings. The minimum Gasteiger partial charge on any atom is -0.496 e. The van der Waals surface area contributed by atoms with Crippen LogP contribution in [-0.4, -0.2) is 38.8 Å². The van der Waals surface area contributed by atoms with Crippen LogP contribution < -0.4 is 10.1 Å². The highest BCUT2D eigenvalue weighted by Crippen LogP contribution is 2.28. The Kier molecular flexibility index (Phi) is 6.48. The van der Waals surface area contributed by atoms with Gasteiger partial charge in [0, 0.05) is 24.6 Å². The molecule has 0 spiro atoms. The Bertz CT molecular complexity index is 1220. The van der Waals surface area contributed by atoms with E-state index in [0.29, 0.717) is 30.8 Å². The van der Waals surface area contributed by atoms with Crippen molar-refractivity contribution in [3.8, 4) is 5.75 Å². The fraction of sp³-hybridized carbons (Fsp3) is 0.320. The van der Waals surface area contributed by atoms with Crippen LogP contribution in [0.2, 0.25) is 0 Å². The molecule has 0 saturated carbocycles. The molecule has 0 bridgehead atoms. The number of para-hydroxylation sites is 1. The largest absolute Gasteiger partial charge is 0.496 e. The Morgan fingerprint density at radius 2 is 1.66 bits per heavy atom. The molecule has 1 saturated heterocycles. The van der Waals surface area contributed by atoms with Gasteiger partial charge in [0.15, 0.2) is 0 Å². The van der Waals surface area contributed by atoms with Gasteiger partial charge in [0.25, 0.3) is 0 Å². The second kappa shape index (κ2) is 9.30. The van der Waals surface area contributed by atoms with Gasteiger partial charge in [-0.15, -0.1) is 0 Å². The SMILES string of the molecule is COc1ccccc1C(C)NC(=O)C1CCN(S(=O)(=O)c2ccc3ccccc3c2)CC1. The molecule has 1 N–H and O–H groups in total. The smallest absolute Gasteiger partial charge is 0.243 e. The number of sulfonamides is 1. The fourth-order valence-electron chi connectivity index (χ4n) is 4.27. The van der Waals surface area contributed by atoms with Crippen molar-refractivity contribution in [1.29, 1.82) is 0 Å². The van der Waals surface area contributed by atoms with E-state index in [2.05, 4.69) is 5.32 Å². The van der Waals surface area contributed by atoms with E-state index in [0.717, 1.165) is 22.1 Å². The number of methoxy groups -OCH3 is 1. The number of hydrogen-bond donors (Lipinski definition) is 1. The van der Waals surface area contributed by atoms with Gasteiger partial charge in [-0.1, -0.05) is 48.5 Å². The third kappa shape index (κ3) is 4.49. The number of carbonyl (C=O) groups excluding carboxylic acids is 1. The molecule has 1 amide bonds. The first-order valence-electron chi connectivity index (χ1n) is 10.8. The quantitative estimate of drug-likeness (QED) is 0.610. The van der Waals surface area contributed by atoms with Crippen LogP contribution >= 0.6 is 0 Å². The van der Waals surface area contributed by atoms with Gasteiger partial charge in [0.1, 0.15) is 5.75 Å². The van der Waals surface area contributed by atoms with Crippen molar-refractivity contribution in [2.45, 2.75) is 30.7 Å². The first kappa shape index (κ1) is 22.3. The Morgan fingerprint density at radius 3 is 2.38 bits per heavy atom. The number of benzene rings is 3. The molecule has 6 nitrogen and oxygen atoms in total. The summed E-state index contributed by atoms with van der Waals surface area (Å²) in [5.74, 6) is 0.470. The van der Waals surface area contributed by atoms with E-state index in [4.69, 9.17) is 4.74 Å². The number of hydrogen-bond acceptors (Lipinski definition) is 4. The highest BCUT2D eigenvalue weighted by Gasteiger charge is 2.32. The predicted molar refractivity (Wildman–Crippen MR) is 125 cm³/mol. The number of nitrogens with zero attached hydrogens (tertiary/aromatic N) is 1. The molecular formula is C25H28N2O4S. The molecule has 0 aliphatic carbocycles. The van der Waals surface area contributed by atoms with Gasteiger partial charge in [-0.2, -0.15) is 4.31 Å². The average molecular weight is 453 g/mol. The molecule has 0 radical (unpaired) electrons. The van der Waals surface area contributed by atoms with Crippen molar-refractivity contribution in [3.05, 3.63) is 72.3 Å². The predicted octanol–water partition coefficient (Wildman–Crippen LogP) is 4.13. The molecule has 1 atom stereocenters. The molecule has 1 fully saturated rings. The maximum absolute atomic E-state index is 13.2. The molecule has 3 aromatic rings. The minimum atomic E-state index is -3.59. The summed E-state index contributed by atoms with van der Waals surface area (Å²) in [4.78, 5) is 13.1. The molecule has 32 heavy (non-hydrogen) atoms. The Balaban J connectivity index is 1.40. The number of nitrogens with one attached hydrogen (secondary N) is 1. The summed E-state index contributed by atoms with van der Waals surface area (Å²) < 4.78 is 33.2. The third-order valence-electron chi connectivity index (χ3n) is 6.15. The van der Waals surface area contributed by atoms with Crippen LogP contribution in [0.4, 0.5) is 0 Å². The Morgan fingerprint density at radius 1 is 1.00 bits per heavy atom. The molecule has 1 aliphatic heterocycles. The van der Waals surface area contributed by atoms with E-state index in [1.165, 1.54) is 4.31 Å². The van der Waals surface area contributed by atoms with Crippen molar-refractivity contribution in [1.82, 2.24) is 9.62 Å². The Hall–Kier alpha value is -2.90. The lowest BCUT2D eigenvalue weighted by atomic mass is 9.96. The van der Waals surface area contributed by atoms with Crippen LogP contribution in [0, 0.1) is 5.92 Å². The highest BCUT2D eigenvalue weighted by atomic mass is 32.2. The monoisotopic (exact) mass is 452 g/mol.